The zero-order chi connectivity index (χ0) is 18.9. The van der Waals surface area contributed by atoms with Gasteiger partial charge in [0.15, 0.2) is 5.96 Å². The van der Waals surface area contributed by atoms with Gasteiger partial charge in [0.05, 0.1) is 6.54 Å². The molecule has 0 fully saturated rings. The zero-order valence-corrected chi connectivity index (χ0v) is 16.3. The third kappa shape index (κ3) is 5.95. The number of hydrogen-bond acceptors (Lipinski definition) is 4. The van der Waals surface area contributed by atoms with Crippen LogP contribution in [0, 0.1) is 6.92 Å². The van der Waals surface area contributed by atoms with Crippen LogP contribution >= 0.6 is 0 Å². The maximum Gasteiger partial charge on any atom is 0.191 e. The molecule has 6 nitrogen and oxygen atoms in total. The van der Waals surface area contributed by atoms with Crippen molar-refractivity contribution in [2.75, 3.05) is 32.6 Å². The van der Waals surface area contributed by atoms with Crippen molar-refractivity contribution in [1.82, 2.24) is 15.6 Å². The SMILES string of the molecule is CN=C(NCc1cccnc1N(C)C)NCC(C)Oc1cccc(C)c1. The molecule has 26 heavy (non-hydrogen) atoms. The number of rotatable bonds is 7. The minimum absolute atomic E-state index is 0.0195. The second kappa shape index (κ2) is 9.65. The van der Waals surface area contributed by atoms with E-state index < -0.39 is 0 Å². The molecule has 1 aromatic heterocycles. The topological polar surface area (TPSA) is 61.8 Å². The molecule has 1 unspecified atom stereocenters. The lowest BCUT2D eigenvalue weighted by Crippen LogP contribution is -2.41. The lowest BCUT2D eigenvalue weighted by atomic mass is 10.2. The molecule has 0 aliphatic carbocycles. The summed E-state index contributed by atoms with van der Waals surface area (Å²) in [5.74, 6) is 2.57. The van der Waals surface area contributed by atoms with Crippen molar-refractivity contribution in [3.8, 4) is 5.75 Å². The number of nitrogens with zero attached hydrogens (tertiary/aromatic N) is 3. The van der Waals surface area contributed by atoms with Crippen LogP contribution in [0.25, 0.3) is 0 Å². The molecule has 1 heterocycles. The third-order valence-electron chi connectivity index (χ3n) is 3.84. The van der Waals surface area contributed by atoms with Crippen LogP contribution in [0.5, 0.6) is 5.75 Å². The fourth-order valence-corrected chi connectivity index (χ4v) is 2.57. The molecule has 2 N–H and O–H groups in total. The van der Waals surface area contributed by atoms with Crippen LogP contribution in [0.4, 0.5) is 5.82 Å². The highest BCUT2D eigenvalue weighted by Gasteiger charge is 2.08. The molecule has 0 bridgehead atoms. The highest BCUT2D eigenvalue weighted by Crippen LogP contribution is 2.14. The number of aliphatic imine (C=N–C) groups is 1. The Morgan fingerprint density at radius 1 is 1.23 bits per heavy atom. The Bertz CT molecular complexity index is 730. The first kappa shape index (κ1) is 19.6. The van der Waals surface area contributed by atoms with E-state index in [2.05, 4.69) is 39.7 Å². The van der Waals surface area contributed by atoms with Crippen LogP contribution in [-0.2, 0) is 6.54 Å². The summed E-state index contributed by atoms with van der Waals surface area (Å²) >= 11 is 0. The monoisotopic (exact) mass is 355 g/mol. The lowest BCUT2D eigenvalue weighted by Gasteiger charge is -2.19. The fraction of sp³-hybridized carbons (Fsp3) is 0.400. The number of nitrogens with one attached hydrogen (secondary N) is 2. The molecule has 0 aliphatic rings. The van der Waals surface area contributed by atoms with E-state index in [-0.39, 0.29) is 6.10 Å². The molecule has 140 valence electrons. The van der Waals surface area contributed by atoms with Gasteiger partial charge in [-0.05, 0) is 37.6 Å². The number of aryl methyl sites for hydroxylation is 1. The van der Waals surface area contributed by atoms with Gasteiger partial charge in [-0.3, -0.25) is 4.99 Å². The second-order valence-corrected chi connectivity index (χ2v) is 6.43. The van der Waals surface area contributed by atoms with E-state index in [1.807, 2.05) is 50.2 Å². The van der Waals surface area contributed by atoms with Crippen LogP contribution < -0.4 is 20.3 Å². The van der Waals surface area contributed by atoms with E-state index in [1.54, 1.807) is 13.2 Å². The molecular formula is C20H29N5O. The van der Waals surface area contributed by atoms with Crippen LogP contribution in [0.2, 0.25) is 0 Å². The molecule has 0 radical (unpaired) electrons. The Morgan fingerprint density at radius 3 is 2.73 bits per heavy atom. The summed E-state index contributed by atoms with van der Waals surface area (Å²) in [5.41, 5.74) is 2.30. The van der Waals surface area contributed by atoms with Gasteiger partial charge in [0.1, 0.15) is 17.7 Å². The van der Waals surface area contributed by atoms with Crippen LogP contribution in [-0.4, -0.2) is 44.7 Å². The minimum Gasteiger partial charge on any atom is -0.489 e. The van der Waals surface area contributed by atoms with Crippen molar-refractivity contribution in [3.05, 3.63) is 53.7 Å². The zero-order valence-electron chi connectivity index (χ0n) is 16.3. The number of benzene rings is 1. The first-order chi connectivity index (χ1) is 12.5. The molecule has 0 saturated heterocycles. The Balaban J connectivity index is 1.84. The van der Waals surface area contributed by atoms with Gasteiger partial charge in [0.25, 0.3) is 0 Å². The molecule has 0 aliphatic heterocycles. The summed E-state index contributed by atoms with van der Waals surface area (Å²) < 4.78 is 5.94. The summed E-state index contributed by atoms with van der Waals surface area (Å²) in [6.07, 6.45) is 1.82. The van der Waals surface area contributed by atoms with Gasteiger partial charge in [0, 0.05) is 39.4 Å². The van der Waals surface area contributed by atoms with Gasteiger partial charge in [-0.1, -0.05) is 18.2 Å². The average molecular weight is 355 g/mol. The highest BCUT2D eigenvalue weighted by atomic mass is 16.5. The van der Waals surface area contributed by atoms with E-state index in [4.69, 9.17) is 4.74 Å². The number of pyridine rings is 1. The van der Waals surface area contributed by atoms with Gasteiger partial charge in [-0.15, -0.1) is 0 Å². The van der Waals surface area contributed by atoms with E-state index in [9.17, 15) is 0 Å². The van der Waals surface area contributed by atoms with Crippen molar-refractivity contribution >= 4 is 11.8 Å². The molecule has 2 rings (SSSR count). The van der Waals surface area contributed by atoms with Crippen molar-refractivity contribution in [1.29, 1.82) is 0 Å². The molecule has 0 saturated carbocycles. The molecule has 2 aromatic rings. The Kier molecular flexibility index (Phi) is 7.26. The van der Waals surface area contributed by atoms with Crippen molar-refractivity contribution < 1.29 is 4.74 Å². The van der Waals surface area contributed by atoms with E-state index >= 15 is 0 Å². The molecule has 6 heteroatoms. The van der Waals surface area contributed by atoms with Gasteiger partial charge < -0.3 is 20.3 Å². The quantitative estimate of drug-likeness (QED) is 0.590. The van der Waals surface area contributed by atoms with E-state index in [0.29, 0.717) is 13.1 Å². The van der Waals surface area contributed by atoms with Crippen LogP contribution in [0.15, 0.2) is 47.6 Å². The first-order valence-electron chi connectivity index (χ1n) is 8.78. The lowest BCUT2D eigenvalue weighted by molar-refractivity contribution is 0.223. The first-order valence-corrected chi connectivity index (χ1v) is 8.78. The Morgan fingerprint density at radius 2 is 2.04 bits per heavy atom. The summed E-state index contributed by atoms with van der Waals surface area (Å²) in [4.78, 5) is 10.7. The number of anilines is 1. The summed E-state index contributed by atoms with van der Waals surface area (Å²) in [5, 5.41) is 6.63. The normalized spacial score (nSPS) is 12.4. The average Bonchev–Trinajstić information content (AvgIpc) is 2.62. The van der Waals surface area contributed by atoms with Gasteiger partial charge in [0.2, 0.25) is 0 Å². The fourth-order valence-electron chi connectivity index (χ4n) is 2.57. The second-order valence-electron chi connectivity index (χ2n) is 6.43. The number of guanidine groups is 1. The predicted octanol–water partition coefficient (Wildman–Crippen LogP) is 2.59. The van der Waals surface area contributed by atoms with Gasteiger partial charge >= 0.3 is 0 Å². The van der Waals surface area contributed by atoms with E-state index in [1.165, 1.54) is 5.56 Å². The number of ether oxygens (including phenoxy) is 1. The molecule has 0 spiro atoms. The van der Waals surface area contributed by atoms with Gasteiger partial charge in [-0.2, -0.15) is 0 Å². The Hall–Kier alpha value is -2.76. The summed E-state index contributed by atoms with van der Waals surface area (Å²) in [6.45, 7) is 5.39. The smallest absolute Gasteiger partial charge is 0.191 e. The van der Waals surface area contributed by atoms with Crippen LogP contribution in [0.1, 0.15) is 18.1 Å². The largest absolute Gasteiger partial charge is 0.489 e. The van der Waals surface area contributed by atoms with Crippen molar-refractivity contribution in [2.45, 2.75) is 26.5 Å². The van der Waals surface area contributed by atoms with Crippen molar-refractivity contribution in [3.63, 3.8) is 0 Å². The molecular weight excluding hydrogens is 326 g/mol. The van der Waals surface area contributed by atoms with Gasteiger partial charge in [-0.25, -0.2) is 4.98 Å². The molecule has 1 aromatic carbocycles. The van der Waals surface area contributed by atoms with Crippen molar-refractivity contribution in [2.24, 2.45) is 4.99 Å². The molecule has 1 atom stereocenters. The Labute approximate surface area is 156 Å². The van der Waals surface area contributed by atoms with E-state index in [0.717, 1.165) is 23.1 Å². The standard InChI is InChI=1S/C20H29N5O/c1-15-8-6-10-18(12-15)26-16(2)13-23-20(21-3)24-14-17-9-7-11-22-19(17)25(4)5/h6-12,16H,13-14H2,1-5H3,(H2,21,23,24). The number of hydrogen-bond donors (Lipinski definition) is 2. The minimum atomic E-state index is 0.0195. The maximum atomic E-state index is 5.94. The summed E-state index contributed by atoms with van der Waals surface area (Å²) in [7, 11) is 5.74. The van der Waals surface area contributed by atoms with Crippen LogP contribution in [0.3, 0.4) is 0 Å². The highest BCUT2D eigenvalue weighted by molar-refractivity contribution is 5.79. The summed E-state index contributed by atoms with van der Waals surface area (Å²) in [6, 6.07) is 12.1. The molecule has 0 amide bonds. The number of aromatic nitrogens is 1. The maximum absolute atomic E-state index is 5.94. The predicted molar refractivity (Wildman–Crippen MR) is 108 cm³/mol. The third-order valence-corrected chi connectivity index (χ3v) is 3.84.